The van der Waals surface area contributed by atoms with Crippen molar-refractivity contribution < 1.29 is 4.79 Å². The van der Waals surface area contributed by atoms with E-state index in [1.165, 1.54) is 12.5 Å². The number of amides is 1. The molecule has 1 aromatic carbocycles. The number of nitrogens with two attached hydrogens (primary N) is 1. The summed E-state index contributed by atoms with van der Waals surface area (Å²) >= 11 is 0. The predicted octanol–water partition coefficient (Wildman–Crippen LogP) is 1.57. The van der Waals surface area contributed by atoms with Crippen molar-refractivity contribution in [2.75, 3.05) is 11.9 Å². The van der Waals surface area contributed by atoms with Gasteiger partial charge in [0.25, 0.3) is 0 Å². The molecule has 1 amide bonds. The van der Waals surface area contributed by atoms with Crippen LogP contribution < -0.4 is 11.1 Å². The molecule has 0 aliphatic heterocycles. The van der Waals surface area contributed by atoms with Crippen molar-refractivity contribution in [2.45, 2.75) is 13.3 Å². The van der Waals surface area contributed by atoms with Gasteiger partial charge in [0, 0.05) is 12.6 Å². The van der Waals surface area contributed by atoms with Crippen LogP contribution in [0.4, 0.5) is 5.69 Å². The average Bonchev–Trinajstić information content (AvgIpc) is 2.08. The summed E-state index contributed by atoms with van der Waals surface area (Å²) in [6, 6.07) is 7.70. The summed E-state index contributed by atoms with van der Waals surface area (Å²) in [5, 5.41) is 2.70. The zero-order valence-corrected chi connectivity index (χ0v) is 8.93. The van der Waals surface area contributed by atoms with Crippen molar-refractivity contribution in [1.82, 2.24) is 0 Å². The van der Waals surface area contributed by atoms with Crippen molar-refractivity contribution >= 4 is 24.0 Å². The minimum atomic E-state index is -0.0495. The smallest absolute Gasteiger partial charge is 0.221 e. The van der Waals surface area contributed by atoms with Gasteiger partial charge in [-0.2, -0.15) is 0 Å². The van der Waals surface area contributed by atoms with E-state index in [1.807, 2.05) is 24.3 Å². The molecule has 3 N–H and O–H groups in total. The molecule has 3 nitrogen and oxygen atoms in total. The van der Waals surface area contributed by atoms with Gasteiger partial charge in [-0.05, 0) is 30.7 Å². The number of hydrogen-bond acceptors (Lipinski definition) is 2. The Labute approximate surface area is 90.1 Å². The third-order valence-corrected chi connectivity index (χ3v) is 1.71. The van der Waals surface area contributed by atoms with Gasteiger partial charge in [-0.15, -0.1) is 12.4 Å². The molecule has 0 radical (unpaired) electrons. The van der Waals surface area contributed by atoms with Crippen molar-refractivity contribution in [2.24, 2.45) is 5.73 Å². The first kappa shape index (κ1) is 12.9. The van der Waals surface area contributed by atoms with Crippen LogP contribution in [0.15, 0.2) is 24.3 Å². The summed E-state index contributed by atoms with van der Waals surface area (Å²) in [4.78, 5) is 10.7. The Hall–Kier alpha value is -1.06. The number of carbonyl (C=O) groups is 1. The molecule has 0 heterocycles. The normalized spacial score (nSPS) is 9.00. The van der Waals surface area contributed by atoms with Crippen LogP contribution in [-0.4, -0.2) is 12.5 Å². The van der Waals surface area contributed by atoms with Gasteiger partial charge in [-0.25, -0.2) is 0 Å². The molecule has 0 saturated carbocycles. The molecule has 0 aliphatic carbocycles. The van der Waals surface area contributed by atoms with Gasteiger partial charge in [-0.1, -0.05) is 12.1 Å². The predicted molar refractivity (Wildman–Crippen MR) is 60.8 cm³/mol. The SMILES string of the molecule is CC(=O)Nc1ccc(CCN)cc1.Cl. The second kappa shape index (κ2) is 6.40. The fraction of sp³-hybridized carbons (Fsp3) is 0.300. The van der Waals surface area contributed by atoms with E-state index in [-0.39, 0.29) is 18.3 Å². The first-order valence-corrected chi connectivity index (χ1v) is 4.29. The second-order valence-corrected chi connectivity index (χ2v) is 2.92. The average molecular weight is 215 g/mol. The van der Waals surface area contributed by atoms with Gasteiger partial charge in [0.15, 0.2) is 0 Å². The number of anilines is 1. The molecule has 1 aromatic rings. The fourth-order valence-electron chi connectivity index (χ4n) is 1.12. The minimum Gasteiger partial charge on any atom is -0.330 e. The van der Waals surface area contributed by atoms with Crippen LogP contribution in [0.5, 0.6) is 0 Å². The Kier molecular flexibility index (Phi) is 5.92. The van der Waals surface area contributed by atoms with Crippen LogP contribution in [-0.2, 0) is 11.2 Å². The molecule has 0 spiro atoms. The molecule has 1 rings (SSSR count). The summed E-state index contributed by atoms with van der Waals surface area (Å²) in [6.45, 7) is 2.15. The molecule has 0 bridgehead atoms. The van der Waals surface area contributed by atoms with Crippen molar-refractivity contribution in [3.05, 3.63) is 29.8 Å². The van der Waals surface area contributed by atoms with E-state index < -0.39 is 0 Å². The van der Waals surface area contributed by atoms with Crippen LogP contribution in [0.1, 0.15) is 12.5 Å². The lowest BCUT2D eigenvalue weighted by molar-refractivity contribution is -0.114. The van der Waals surface area contributed by atoms with E-state index >= 15 is 0 Å². The Morgan fingerprint density at radius 2 is 1.93 bits per heavy atom. The number of rotatable bonds is 3. The van der Waals surface area contributed by atoms with Crippen molar-refractivity contribution in [3.63, 3.8) is 0 Å². The number of carbonyl (C=O) groups excluding carboxylic acids is 1. The van der Waals surface area contributed by atoms with E-state index in [1.54, 1.807) is 0 Å². The quantitative estimate of drug-likeness (QED) is 0.803. The van der Waals surface area contributed by atoms with E-state index in [2.05, 4.69) is 5.32 Å². The van der Waals surface area contributed by atoms with E-state index in [9.17, 15) is 4.79 Å². The molecule has 0 aromatic heterocycles. The largest absolute Gasteiger partial charge is 0.330 e. The van der Waals surface area contributed by atoms with Crippen LogP contribution in [0.25, 0.3) is 0 Å². The minimum absolute atomic E-state index is 0. The van der Waals surface area contributed by atoms with Gasteiger partial charge in [0.2, 0.25) is 5.91 Å². The van der Waals surface area contributed by atoms with Gasteiger partial charge < -0.3 is 11.1 Å². The highest BCUT2D eigenvalue weighted by molar-refractivity contribution is 5.88. The number of hydrogen-bond donors (Lipinski definition) is 2. The number of nitrogens with one attached hydrogen (secondary N) is 1. The zero-order valence-electron chi connectivity index (χ0n) is 8.12. The monoisotopic (exact) mass is 214 g/mol. The van der Waals surface area contributed by atoms with Crippen LogP contribution >= 0.6 is 12.4 Å². The Morgan fingerprint density at radius 3 is 2.36 bits per heavy atom. The highest BCUT2D eigenvalue weighted by atomic mass is 35.5. The topological polar surface area (TPSA) is 55.1 Å². The molecule has 0 aliphatic rings. The molecule has 0 fully saturated rings. The molecule has 0 atom stereocenters. The van der Waals surface area contributed by atoms with Crippen LogP contribution in [0.3, 0.4) is 0 Å². The molecule has 78 valence electrons. The maximum Gasteiger partial charge on any atom is 0.221 e. The van der Waals surface area contributed by atoms with Gasteiger partial charge in [0.05, 0.1) is 0 Å². The van der Waals surface area contributed by atoms with Gasteiger partial charge in [-0.3, -0.25) is 4.79 Å². The molecular formula is C10H15ClN2O. The standard InChI is InChI=1S/C10H14N2O.ClH/c1-8(13)12-10-4-2-9(3-5-10)6-7-11;/h2-5H,6-7,11H2,1H3,(H,12,13);1H. The maximum absolute atomic E-state index is 10.7. The first-order valence-electron chi connectivity index (χ1n) is 4.29. The Balaban J connectivity index is 0.00000169. The fourth-order valence-corrected chi connectivity index (χ4v) is 1.12. The second-order valence-electron chi connectivity index (χ2n) is 2.92. The van der Waals surface area contributed by atoms with Crippen molar-refractivity contribution in [1.29, 1.82) is 0 Å². The van der Waals surface area contributed by atoms with Gasteiger partial charge >= 0.3 is 0 Å². The number of benzene rings is 1. The summed E-state index contributed by atoms with van der Waals surface area (Å²) in [5.74, 6) is -0.0495. The maximum atomic E-state index is 10.7. The molecular weight excluding hydrogens is 200 g/mol. The highest BCUT2D eigenvalue weighted by Gasteiger charge is 1.95. The lowest BCUT2D eigenvalue weighted by Crippen LogP contribution is -2.06. The van der Waals surface area contributed by atoms with Crippen LogP contribution in [0.2, 0.25) is 0 Å². The zero-order chi connectivity index (χ0) is 9.68. The lowest BCUT2D eigenvalue weighted by Gasteiger charge is -2.03. The number of halogens is 1. The summed E-state index contributed by atoms with van der Waals surface area (Å²) in [5.41, 5.74) is 7.43. The molecule has 0 saturated heterocycles. The van der Waals surface area contributed by atoms with Crippen molar-refractivity contribution in [3.8, 4) is 0 Å². The van der Waals surface area contributed by atoms with E-state index in [0.29, 0.717) is 6.54 Å². The molecule has 4 heteroatoms. The molecule has 14 heavy (non-hydrogen) atoms. The first-order chi connectivity index (χ1) is 6.22. The third kappa shape index (κ3) is 4.25. The summed E-state index contributed by atoms with van der Waals surface area (Å²) in [6.07, 6.45) is 0.875. The van der Waals surface area contributed by atoms with E-state index in [4.69, 9.17) is 5.73 Å². The Morgan fingerprint density at radius 1 is 1.36 bits per heavy atom. The Bertz CT molecular complexity index is 285. The van der Waals surface area contributed by atoms with Crippen LogP contribution in [0, 0.1) is 0 Å². The van der Waals surface area contributed by atoms with E-state index in [0.717, 1.165) is 12.1 Å². The highest BCUT2D eigenvalue weighted by Crippen LogP contribution is 2.09. The van der Waals surface area contributed by atoms with Gasteiger partial charge in [0.1, 0.15) is 0 Å². The lowest BCUT2D eigenvalue weighted by atomic mass is 10.1. The summed E-state index contributed by atoms with van der Waals surface area (Å²) < 4.78 is 0. The third-order valence-electron chi connectivity index (χ3n) is 1.71. The molecule has 0 unspecified atom stereocenters. The summed E-state index contributed by atoms with van der Waals surface area (Å²) in [7, 11) is 0.